The van der Waals surface area contributed by atoms with Crippen LogP contribution in [0.15, 0.2) is 84.0 Å². The number of para-hydroxylation sites is 1. The number of hydrogen-bond donors (Lipinski definition) is 0. The number of aryl methyl sites for hydroxylation is 1. The van der Waals surface area contributed by atoms with Crippen LogP contribution in [0.4, 0.5) is 0 Å². The number of aromatic nitrogens is 3. The molecule has 7 nitrogen and oxygen atoms in total. The van der Waals surface area contributed by atoms with Crippen LogP contribution in [-0.4, -0.2) is 67.8 Å². The summed E-state index contributed by atoms with van der Waals surface area (Å²) < 4.78 is 2.04. The minimum atomic E-state index is -0.0309. The number of thioether (sulfide) groups is 1. The Morgan fingerprint density at radius 3 is 2.38 bits per heavy atom. The maximum atomic E-state index is 13.0. The van der Waals surface area contributed by atoms with Crippen molar-refractivity contribution in [1.82, 2.24) is 24.6 Å². The van der Waals surface area contributed by atoms with Gasteiger partial charge in [-0.05, 0) is 68.8 Å². The molecule has 1 saturated heterocycles. The Kier molecular flexibility index (Phi) is 8.87. The lowest BCUT2D eigenvalue weighted by Gasteiger charge is -2.40. The number of amides is 2. The first-order valence-corrected chi connectivity index (χ1v) is 14.8. The van der Waals surface area contributed by atoms with Gasteiger partial charge >= 0.3 is 0 Å². The number of benzene rings is 3. The van der Waals surface area contributed by atoms with Crippen molar-refractivity contribution >= 4 is 35.2 Å². The van der Waals surface area contributed by atoms with Crippen molar-refractivity contribution in [2.45, 2.75) is 37.9 Å². The molecule has 1 unspecified atom stereocenters. The van der Waals surface area contributed by atoms with E-state index in [4.69, 9.17) is 11.6 Å². The van der Waals surface area contributed by atoms with E-state index in [9.17, 15) is 9.59 Å². The second-order valence-electron chi connectivity index (χ2n) is 9.99. The van der Waals surface area contributed by atoms with Crippen molar-refractivity contribution in [2.24, 2.45) is 0 Å². The van der Waals surface area contributed by atoms with Crippen LogP contribution in [0.3, 0.4) is 0 Å². The molecular formula is C31H32ClN5O2S. The molecule has 0 saturated carbocycles. The molecule has 0 N–H and O–H groups in total. The van der Waals surface area contributed by atoms with Crippen LogP contribution in [0, 0.1) is 6.92 Å². The van der Waals surface area contributed by atoms with Gasteiger partial charge in [0.15, 0.2) is 11.0 Å². The van der Waals surface area contributed by atoms with E-state index < -0.39 is 0 Å². The van der Waals surface area contributed by atoms with E-state index in [-0.39, 0.29) is 17.9 Å². The van der Waals surface area contributed by atoms with Crippen molar-refractivity contribution in [3.63, 3.8) is 0 Å². The number of rotatable bonds is 8. The molecule has 2 amide bonds. The zero-order chi connectivity index (χ0) is 28.1. The van der Waals surface area contributed by atoms with E-state index in [2.05, 4.69) is 10.2 Å². The lowest BCUT2D eigenvalue weighted by Crippen LogP contribution is -2.55. The van der Waals surface area contributed by atoms with Gasteiger partial charge in [-0.25, -0.2) is 0 Å². The SMILES string of the molecule is Cc1ccc(C(=O)N2CCN(C(=O)CCCSc3nnc(-c4ccc(Cl)cc4)n3-c3ccccc3)CC2C)cc1. The Labute approximate surface area is 244 Å². The molecule has 2 heterocycles. The summed E-state index contributed by atoms with van der Waals surface area (Å²) in [5.41, 5.74) is 3.72. The van der Waals surface area contributed by atoms with Gasteiger partial charge in [0.1, 0.15) is 0 Å². The normalized spacial score (nSPS) is 15.3. The zero-order valence-electron chi connectivity index (χ0n) is 22.7. The van der Waals surface area contributed by atoms with E-state index >= 15 is 0 Å². The van der Waals surface area contributed by atoms with E-state index in [0.29, 0.717) is 36.6 Å². The minimum Gasteiger partial charge on any atom is -0.339 e. The summed E-state index contributed by atoms with van der Waals surface area (Å²) in [4.78, 5) is 29.8. The molecule has 1 atom stereocenters. The molecule has 4 aromatic rings. The molecule has 3 aromatic carbocycles. The molecule has 1 aliphatic heterocycles. The predicted molar refractivity (Wildman–Crippen MR) is 160 cm³/mol. The highest BCUT2D eigenvalue weighted by Gasteiger charge is 2.30. The van der Waals surface area contributed by atoms with Crippen LogP contribution in [-0.2, 0) is 4.79 Å². The predicted octanol–water partition coefficient (Wildman–Crippen LogP) is 6.14. The monoisotopic (exact) mass is 573 g/mol. The van der Waals surface area contributed by atoms with Gasteiger partial charge < -0.3 is 9.80 Å². The van der Waals surface area contributed by atoms with Crippen LogP contribution in [0.5, 0.6) is 0 Å². The number of nitrogens with zero attached hydrogens (tertiary/aromatic N) is 5. The van der Waals surface area contributed by atoms with Gasteiger partial charge in [-0.15, -0.1) is 10.2 Å². The quantitative estimate of drug-likeness (QED) is 0.187. The van der Waals surface area contributed by atoms with Crippen molar-refractivity contribution in [3.8, 4) is 17.1 Å². The summed E-state index contributed by atoms with van der Waals surface area (Å²) in [6.07, 6.45) is 1.17. The Hall–Kier alpha value is -3.62. The standard InChI is InChI=1S/C31H32ClN5O2S/c1-22-10-12-25(13-11-22)30(39)36-19-18-35(21-23(36)2)28(38)9-6-20-40-31-34-33-29(24-14-16-26(32)17-15-24)37(31)27-7-4-3-5-8-27/h3-5,7-8,10-17,23H,6,9,18-21H2,1-2H3. The molecule has 5 rings (SSSR count). The number of carbonyl (C=O) groups excluding carboxylic acids is 2. The summed E-state index contributed by atoms with van der Waals surface area (Å²) >= 11 is 7.68. The number of piperazine rings is 1. The Morgan fingerprint density at radius 2 is 1.68 bits per heavy atom. The summed E-state index contributed by atoms with van der Waals surface area (Å²) in [5, 5.41) is 10.4. The zero-order valence-corrected chi connectivity index (χ0v) is 24.2. The molecule has 1 fully saturated rings. The van der Waals surface area contributed by atoms with Gasteiger partial charge in [-0.3, -0.25) is 14.2 Å². The summed E-state index contributed by atoms with van der Waals surface area (Å²) in [6, 6.07) is 25.2. The maximum absolute atomic E-state index is 13.0. The van der Waals surface area contributed by atoms with Crippen LogP contribution in [0.25, 0.3) is 17.1 Å². The third-order valence-corrected chi connectivity index (χ3v) is 8.32. The Balaban J connectivity index is 1.17. The highest BCUT2D eigenvalue weighted by atomic mass is 35.5. The molecule has 206 valence electrons. The molecule has 0 bridgehead atoms. The Bertz CT molecular complexity index is 1460. The second kappa shape index (κ2) is 12.7. The maximum Gasteiger partial charge on any atom is 0.254 e. The lowest BCUT2D eigenvalue weighted by atomic mass is 10.1. The number of carbonyl (C=O) groups is 2. The highest BCUT2D eigenvalue weighted by Crippen LogP contribution is 2.29. The van der Waals surface area contributed by atoms with Crippen molar-refractivity contribution in [3.05, 3.63) is 95.0 Å². The van der Waals surface area contributed by atoms with E-state index in [0.717, 1.165) is 40.0 Å². The van der Waals surface area contributed by atoms with Gasteiger partial charge in [-0.1, -0.05) is 59.3 Å². The first kappa shape index (κ1) is 27.9. The summed E-state index contributed by atoms with van der Waals surface area (Å²) in [6.45, 7) is 5.67. The van der Waals surface area contributed by atoms with Gasteiger partial charge in [0, 0.05) is 59.7 Å². The molecule has 1 aromatic heterocycles. The fourth-order valence-electron chi connectivity index (χ4n) is 4.85. The van der Waals surface area contributed by atoms with Gasteiger partial charge in [0.25, 0.3) is 5.91 Å². The lowest BCUT2D eigenvalue weighted by molar-refractivity contribution is -0.133. The van der Waals surface area contributed by atoms with Crippen LogP contribution in [0.1, 0.15) is 35.7 Å². The van der Waals surface area contributed by atoms with Crippen LogP contribution >= 0.6 is 23.4 Å². The third kappa shape index (κ3) is 6.40. The average Bonchev–Trinajstić information content (AvgIpc) is 3.40. The topological polar surface area (TPSA) is 71.3 Å². The molecule has 0 spiro atoms. The van der Waals surface area contributed by atoms with E-state index in [1.807, 2.05) is 107 Å². The Morgan fingerprint density at radius 1 is 0.950 bits per heavy atom. The van der Waals surface area contributed by atoms with Crippen molar-refractivity contribution in [1.29, 1.82) is 0 Å². The number of halogens is 1. The molecule has 40 heavy (non-hydrogen) atoms. The molecule has 9 heteroatoms. The fourth-order valence-corrected chi connectivity index (χ4v) is 5.87. The van der Waals surface area contributed by atoms with Crippen molar-refractivity contribution < 1.29 is 9.59 Å². The largest absolute Gasteiger partial charge is 0.339 e. The number of hydrogen-bond acceptors (Lipinski definition) is 5. The minimum absolute atomic E-state index is 0.0245. The molecule has 0 radical (unpaired) electrons. The van der Waals surface area contributed by atoms with Crippen LogP contribution < -0.4 is 0 Å². The van der Waals surface area contributed by atoms with E-state index in [1.54, 1.807) is 11.8 Å². The van der Waals surface area contributed by atoms with Gasteiger partial charge in [-0.2, -0.15) is 0 Å². The molecule has 1 aliphatic rings. The first-order valence-electron chi connectivity index (χ1n) is 13.5. The fraction of sp³-hybridized carbons (Fsp3) is 0.290. The first-order chi connectivity index (χ1) is 19.4. The van der Waals surface area contributed by atoms with Crippen LogP contribution in [0.2, 0.25) is 5.02 Å². The van der Waals surface area contributed by atoms with Gasteiger partial charge in [0.2, 0.25) is 5.91 Å². The van der Waals surface area contributed by atoms with Gasteiger partial charge in [0.05, 0.1) is 0 Å². The third-order valence-electron chi connectivity index (χ3n) is 7.06. The summed E-state index contributed by atoms with van der Waals surface area (Å²) in [5.74, 6) is 1.63. The molecular weight excluding hydrogens is 542 g/mol. The summed E-state index contributed by atoms with van der Waals surface area (Å²) in [7, 11) is 0. The second-order valence-corrected chi connectivity index (χ2v) is 11.5. The smallest absolute Gasteiger partial charge is 0.254 e. The van der Waals surface area contributed by atoms with E-state index in [1.165, 1.54) is 0 Å². The average molecular weight is 574 g/mol. The van der Waals surface area contributed by atoms with Crippen molar-refractivity contribution in [2.75, 3.05) is 25.4 Å². The highest BCUT2D eigenvalue weighted by molar-refractivity contribution is 7.99. The molecule has 0 aliphatic carbocycles.